The largest absolute Gasteiger partial charge is 0.488 e. The van der Waals surface area contributed by atoms with Crippen molar-refractivity contribution in [2.24, 2.45) is 5.92 Å². The minimum absolute atomic E-state index is 0.0121. The van der Waals surface area contributed by atoms with E-state index >= 15 is 0 Å². The molecule has 0 unspecified atom stereocenters. The van der Waals surface area contributed by atoms with E-state index in [2.05, 4.69) is 4.72 Å². The minimum atomic E-state index is -3.93. The van der Waals surface area contributed by atoms with Gasteiger partial charge in [-0.2, -0.15) is 4.31 Å². The van der Waals surface area contributed by atoms with Crippen molar-refractivity contribution < 1.29 is 31.5 Å². The maximum absolute atomic E-state index is 13.7. The summed E-state index contributed by atoms with van der Waals surface area (Å²) >= 11 is 1.12. The van der Waals surface area contributed by atoms with Gasteiger partial charge in [0.05, 0.1) is 29.7 Å². The number of likely N-dealkylation sites (N-methyl/N-ethyl adjacent to an activating group) is 1. The predicted molar refractivity (Wildman–Crippen MR) is 154 cm³/mol. The van der Waals surface area contributed by atoms with Crippen molar-refractivity contribution in [1.29, 1.82) is 0 Å². The van der Waals surface area contributed by atoms with E-state index < -0.39 is 38.1 Å². The first kappa shape index (κ1) is 30.0. The van der Waals surface area contributed by atoms with Crippen molar-refractivity contribution in [2.75, 3.05) is 31.5 Å². The van der Waals surface area contributed by atoms with Gasteiger partial charge in [-0.05, 0) is 55.6 Å². The van der Waals surface area contributed by atoms with Crippen LogP contribution < -0.4 is 9.46 Å². The molecule has 13 heteroatoms. The van der Waals surface area contributed by atoms with Crippen molar-refractivity contribution in [3.63, 3.8) is 0 Å². The lowest BCUT2D eigenvalue weighted by Crippen LogP contribution is -2.50. The molecule has 0 saturated carbocycles. The predicted octanol–water partition coefficient (Wildman–Crippen LogP) is 3.40. The number of ether oxygens (including phenoxy) is 1. The van der Waals surface area contributed by atoms with Gasteiger partial charge < -0.3 is 14.7 Å². The van der Waals surface area contributed by atoms with E-state index in [0.717, 1.165) is 16.9 Å². The van der Waals surface area contributed by atoms with Crippen molar-refractivity contribution in [2.45, 2.75) is 42.0 Å². The number of hydrogen-bond acceptors (Lipinski definition) is 8. The van der Waals surface area contributed by atoms with E-state index in [0.29, 0.717) is 0 Å². The van der Waals surface area contributed by atoms with Gasteiger partial charge in [0.2, 0.25) is 0 Å². The molecule has 2 aromatic carbocycles. The molecule has 0 bridgehead atoms. The number of nitrogens with one attached hydrogen (secondary N) is 1. The molecule has 0 fully saturated rings. The molecule has 0 radical (unpaired) electrons. The number of fused-ring (bicyclic) bond motifs is 1. The van der Waals surface area contributed by atoms with E-state index in [-0.39, 0.29) is 51.7 Å². The van der Waals surface area contributed by atoms with E-state index in [1.807, 2.05) is 13.8 Å². The SMILES string of the molecule is Cc1ccc(S(=O)(=O)Nc2ccc3c(c2)C(=O)N([C@@H](C)CO)C[C@H](C)[C@H](CN(C)S(=O)(=O)c2cccs2)O3)cc1. The van der Waals surface area contributed by atoms with Gasteiger partial charge in [-0.1, -0.05) is 30.7 Å². The molecule has 0 aliphatic carbocycles. The Bertz CT molecular complexity index is 1560. The number of nitrogens with zero attached hydrogens (tertiary/aromatic N) is 2. The number of aliphatic hydroxyl groups excluding tert-OH is 1. The van der Waals surface area contributed by atoms with Crippen molar-refractivity contribution in [3.8, 4) is 5.75 Å². The summed E-state index contributed by atoms with van der Waals surface area (Å²) in [6.45, 7) is 5.34. The van der Waals surface area contributed by atoms with Gasteiger partial charge in [0.1, 0.15) is 16.1 Å². The highest BCUT2D eigenvalue weighted by Crippen LogP contribution is 2.32. The molecule has 1 aliphatic heterocycles. The summed E-state index contributed by atoms with van der Waals surface area (Å²) in [7, 11) is -6.19. The molecule has 1 aliphatic rings. The second kappa shape index (κ2) is 11.9. The second-order valence-electron chi connectivity index (χ2n) is 9.97. The fraction of sp³-hybridized carbons (Fsp3) is 0.370. The van der Waals surface area contributed by atoms with Crippen LogP contribution in [0, 0.1) is 12.8 Å². The quantitative estimate of drug-likeness (QED) is 0.381. The standard InChI is InChI=1S/C27H33N3O7S3/c1-18-7-10-22(11-8-18)39(33,34)28-21-9-12-24-23(14-21)27(32)30(20(3)17-31)15-19(2)25(37-24)16-29(4)40(35,36)26-6-5-13-38-26/h5-14,19-20,25,28,31H,15-17H2,1-4H3/t19-,20-,25-/m0/s1. The Morgan fingerprint density at radius 2 is 1.85 bits per heavy atom. The summed E-state index contributed by atoms with van der Waals surface area (Å²) in [6.07, 6.45) is -0.643. The third-order valence-electron chi connectivity index (χ3n) is 6.84. The summed E-state index contributed by atoms with van der Waals surface area (Å²) in [5.41, 5.74) is 1.18. The molecule has 3 aromatic rings. The molecule has 0 saturated heterocycles. The minimum Gasteiger partial charge on any atom is -0.488 e. The van der Waals surface area contributed by atoms with Crippen LogP contribution in [0.15, 0.2) is 69.1 Å². The Morgan fingerprint density at radius 3 is 2.48 bits per heavy atom. The first-order valence-corrected chi connectivity index (χ1v) is 16.5. The lowest BCUT2D eigenvalue weighted by Gasteiger charge is -2.38. The van der Waals surface area contributed by atoms with Crippen LogP contribution in [0.5, 0.6) is 5.75 Å². The van der Waals surface area contributed by atoms with Gasteiger partial charge in [0.15, 0.2) is 0 Å². The van der Waals surface area contributed by atoms with Crippen LogP contribution in [0.25, 0.3) is 0 Å². The first-order valence-electron chi connectivity index (χ1n) is 12.7. The Hall–Kier alpha value is -2.97. The Balaban J connectivity index is 1.68. The highest BCUT2D eigenvalue weighted by Gasteiger charge is 2.35. The van der Waals surface area contributed by atoms with Crippen molar-refractivity contribution in [1.82, 2.24) is 9.21 Å². The summed E-state index contributed by atoms with van der Waals surface area (Å²) in [5.74, 6) is -0.540. The number of benzene rings is 2. The number of anilines is 1. The zero-order valence-electron chi connectivity index (χ0n) is 22.6. The Kier molecular flexibility index (Phi) is 8.90. The third kappa shape index (κ3) is 6.33. The van der Waals surface area contributed by atoms with Gasteiger partial charge in [-0.25, -0.2) is 16.8 Å². The van der Waals surface area contributed by atoms with Gasteiger partial charge in [-0.15, -0.1) is 11.3 Å². The van der Waals surface area contributed by atoms with Crippen LogP contribution in [0.3, 0.4) is 0 Å². The number of hydrogen-bond donors (Lipinski definition) is 2. The normalized spacial score (nSPS) is 18.9. The van der Waals surface area contributed by atoms with Gasteiger partial charge in [0.25, 0.3) is 26.0 Å². The van der Waals surface area contributed by atoms with Crippen molar-refractivity contribution >= 4 is 43.0 Å². The molecule has 2 N–H and O–H groups in total. The summed E-state index contributed by atoms with van der Waals surface area (Å²) < 4.78 is 62.3. The monoisotopic (exact) mass is 607 g/mol. The first-order chi connectivity index (χ1) is 18.8. The topological polar surface area (TPSA) is 133 Å². The fourth-order valence-electron chi connectivity index (χ4n) is 4.35. The van der Waals surface area contributed by atoms with Gasteiger partial charge in [0, 0.05) is 25.2 Å². The zero-order chi connectivity index (χ0) is 29.2. The number of carbonyl (C=O) groups excluding carboxylic acids is 1. The molecule has 1 aromatic heterocycles. The number of rotatable bonds is 9. The molecule has 216 valence electrons. The molecular formula is C27H33N3O7S3. The maximum Gasteiger partial charge on any atom is 0.261 e. The zero-order valence-corrected chi connectivity index (χ0v) is 25.1. The van der Waals surface area contributed by atoms with E-state index in [1.54, 1.807) is 30.5 Å². The highest BCUT2D eigenvalue weighted by molar-refractivity contribution is 7.92. The number of sulfonamides is 2. The molecule has 2 heterocycles. The van der Waals surface area contributed by atoms with Crippen LogP contribution in [0.1, 0.15) is 29.8 Å². The van der Waals surface area contributed by atoms with Crippen LogP contribution in [-0.2, 0) is 20.0 Å². The molecular weight excluding hydrogens is 575 g/mol. The molecule has 0 spiro atoms. The van der Waals surface area contributed by atoms with Crippen LogP contribution >= 0.6 is 11.3 Å². The summed E-state index contributed by atoms with van der Waals surface area (Å²) in [6, 6.07) is 13.4. The summed E-state index contributed by atoms with van der Waals surface area (Å²) in [4.78, 5) is 15.2. The second-order valence-corrected chi connectivity index (χ2v) is 14.9. The van der Waals surface area contributed by atoms with Gasteiger partial charge in [-0.3, -0.25) is 9.52 Å². The summed E-state index contributed by atoms with van der Waals surface area (Å²) in [5, 5.41) is 11.6. The van der Waals surface area contributed by atoms with E-state index in [4.69, 9.17) is 4.74 Å². The van der Waals surface area contributed by atoms with Crippen LogP contribution in [0.4, 0.5) is 5.69 Å². The lowest BCUT2D eigenvalue weighted by molar-refractivity contribution is 0.0387. The van der Waals surface area contributed by atoms with Crippen LogP contribution in [-0.4, -0.2) is 75.9 Å². The Morgan fingerprint density at radius 1 is 1.15 bits per heavy atom. The molecule has 1 amide bonds. The van der Waals surface area contributed by atoms with Crippen molar-refractivity contribution in [3.05, 3.63) is 71.1 Å². The van der Waals surface area contributed by atoms with Gasteiger partial charge >= 0.3 is 0 Å². The molecule has 3 atom stereocenters. The average molecular weight is 608 g/mol. The number of aryl methyl sites for hydroxylation is 1. The number of carbonyl (C=O) groups is 1. The Labute approximate surface area is 239 Å². The molecule has 4 rings (SSSR count). The lowest BCUT2D eigenvalue weighted by atomic mass is 9.99. The van der Waals surface area contributed by atoms with E-state index in [9.17, 15) is 26.7 Å². The number of thiophene rings is 1. The number of amides is 1. The smallest absolute Gasteiger partial charge is 0.261 e. The highest BCUT2D eigenvalue weighted by atomic mass is 32.2. The maximum atomic E-state index is 13.7. The molecule has 10 nitrogen and oxygen atoms in total. The fourth-order valence-corrected chi connectivity index (χ4v) is 7.78. The molecule has 40 heavy (non-hydrogen) atoms. The number of aliphatic hydroxyl groups is 1. The average Bonchev–Trinajstić information content (AvgIpc) is 3.47. The van der Waals surface area contributed by atoms with E-state index in [1.165, 1.54) is 52.7 Å². The van der Waals surface area contributed by atoms with Crippen LogP contribution in [0.2, 0.25) is 0 Å². The third-order valence-corrected chi connectivity index (χ3v) is 11.4.